The van der Waals surface area contributed by atoms with E-state index in [1.54, 1.807) is 6.92 Å². The van der Waals surface area contributed by atoms with Gasteiger partial charge in [0.2, 0.25) is 0 Å². The Balaban J connectivity index is 2.18. The third kappa shape index (κ3) is 3.56. The first-order chi connectivity index (χ1) is 9.92. The molecule has 114 valence electrons. The van der Waals surface area contributed by atoms with Crippen molar-refractivity contribution in [1.29, 1.82) is 0 Å². The van der Waals surface area contributed by atoms with Gasteiger partial charge in [0.05, 0.1) is 18.4 Å². The molecule has 0 heterocycles. The number of hydrogen-bond acceptors (Lipinski definition) is 5. The van der Waals surface area contributed by atoms with Gasteiger partial charge >= 0.3 is 5.97 Å². The first-order valence-electron chi connectivity index (χ1n) is 6.60. The summed E-state index contributed by atoms with van der Waals surface area (Å²) in [6.07, 6.45) is 1.20. The summed E-state index contributed by atoms with van der Waals surface area (Å²) in [7, 11) is 1.41. The third-order valence-corrected chi connectivity index (χ3v) is 3.16. The van der Waals surface area contributed by atoms with Crippen LogP contribution in [0.3, 0.4) is 0 Å². The molecule has 0 bridgehead atoms. The molecule has 21 heavy (non-hydrogen) atoms. The number of ether oxygens (including phenoxy) is 2. The van der Waals surface area contributed by atoms with E-state index >= 15 is 0 Å². The zero-order chi connectivity index (χ0) is 15.6. The molecule has 2 rings (SSSR count). The molecule has 1 aliphatic rings. The number of methoxy groups -OCH3 is 1. The van der Waals surface area contributed by atoms with E-state index in [4.69, 9.17) is 20.3 Å². The van der Waals surface area contributed by atoms with Gasteiger partial charge in [-0.25, -0.2) is 4.79 Å². The molecular formula is C14H18N2O5. The fraction of sp³-hybridized carbons (Fsp3) is 0.429. The standard InChI is InChI=1S/C14H18N2O5/c1-7(13(17)16-8-3-4-8)21-12-5-9(14(18)19)10(15)6-11(12)20-2/h5-8H,3-4,15H2,1-2H3,(H,16,17)(H,18,19). The van der Waals surface area contributed by atoms with Crippen LogP contribution in [0.1, 0.15) is 30.1 Å². The Labute approximate surface area is 122 Å². The van der Waals surface area contributed by atoms with Gasteiger partial charge in [-0.1, -0.05) is 0 Å². The van der Waals surface area contributed by atoms with Crippen molar-refractivity contribution in [3.05, 3.63) is 17.7 Å². The fourth-order valence-electron chi connectivity index (χ4n) is 1.80. The number of carbonyl (C=O) groups excluding carboxylic acids is 1. The summed E-state index contributed by atoms with van der Waals surface area (Å²) < 4.78 is 10.6. The Kier molecular flexibility index (Phi) is 4.21. The summed E-state index contributed by atoms with van der Waals surface area (Å²) in [4.78, 5) is 23.0. The van der Waals surface area contributed by atoms with Gasteiger partial charge in [0.1, 0.15) is 0 Å². The first-order valence-corrected chi connectivity index (χ1v) is 6.60. The predicted molar refractivity (Wildman–Crippen MR) is 75.6 cm³/mol. The molecule has 0 saturated heterocycles. The van der Waals surface area contributed by atoms with Crippen LogP contribution in [0.4, 0.5) is 5.69 Å². The van der Waals surface area contributed by atoms with Crippen LogP contribution in [0.5, 0.6) is 11.5 Å². The highest BCUT2D eigenvalue weighted by atomic mass is 16.5. The molecule has 1 atom stereocenters. The second-order valence-electron chi connectivity index (χ2n) is 4.94. The van der Waals surface area contributed by atoms with Gasteiger partial charge in [0, 0.05) is 18.2 Å². The molecule has 1 aromatic rings. The van der Waals surface area contributed by atoms with Gasteiger partial charge in [-0.2, -0.15) is 0 Å². The Hall–Kier alpha value is -2.44. The number of anilines is 1. The molecule has 0 spiro atoms. The number of carboxylic acid groups (broad SMARTS) is 1. The van der Waals surface area contributed by atoms with Crippen molar-refractivity contribution < 1.29 is 24.2 Å². The van der Waals surface area contributed by atoms with Gasteiger partial charge in [-0.05, 0) is 19.8 Å². The largest absolute Gasteiger partial charge is 0.493 e. The van der Waals surface area contributed by atoms with Crippen molar-refractivity contribution in [1.82, 2.24) is 5.32 Å². The topological polar surface area (TPSA) is 111 Å². The number of rotatable bonds is 6. The highest BCUT2D eigenvalue weighted by molar-refractivity contribution is 5.94. The third-order valence-electron chi connectivity index (χ3n) is 3.16. The summed E-state index contributed by atoms with van der Waals surface area (Å²) in [5.74, 6) is -0.963. The lowest BCUT2D eigenvalue weighted by atomic mass is 10.1. The van der Waals surface area contributed by atoms with Crippen LogP contribution in [0.2, 0.25) is 0 Å². The summed E-state index contributed by atoms with van der Waals surface area (Å²) in [5.41, 5.74) is 5.61. The lowest BCUT2D eigenvalue weighted by molar-refractivity contribution is -0.127. The zero-order valence-corrected chi connectivity index (χ0v) is 11.9. The average molecular weight is 294 g/mol. The molecule has 1 aliphatic carbocycles. The molecule has 7 heteroatoms. The molecule has 0 radical (unpaired) electrons. The van der Waals surface area contributed by atoms with Gasteiger partial charge in [-0.15, -0.1) is 0 Å². The molecular weight excluding hydrogens is 276 g/mol. The SMILES string of the molecule is COc1cc(N)c(C(=O)O)cc1OC(C)C(=O)NC1CC1. The van der Waals surface area contributed by atoms with Crippen LogP contribution >= 0.6 is 0 Å². The number of aromatic carboxylic acids is 1. The fourth-order valence-corrected chi connectivity index (χ4v) is 1.80. The van der Waals surface area contributed by atoms with Crippen LogP contribution in [-0.4, -0.2) is 36.2 Å². The molecule has 7 nitrogen and oxygen atoms in total. The summed E-state index contributed by atoms with van der Waals surface area (Å²) in [6, 6.07) is 2.85. The smallest absolute Gasteiger partial charge is 0.337 e. The van der Waals surface area contributed by atoms with Gasteiger partial charge in [-0.3, -0.25) is 4.79 Å². The first kappa shape index (κ1) is 15.0. The van der Waals surface area contributed by atoms with Gasteiger partial charge < -0.3 is 25.6 Å². The Morgan fingerprint density at radius 1 is 1.38 bits per heavy atom. The highest BCUT2D eigenvalue weighted by Crippen LogP contribution is 2.33. The van der Waals surface area contributed by atoms with Crippen molar-refractivity contribution in [2.24, 2.45) is 0 Å². The number of carboxylic acids is 1. The summed E-state index contributed by atoms with van der Waals surface area (Å²) in [6.45, 7) is 1.59. The predicted octanol–water partition coefficient (Wildman–Crippen LogP) is 1.02. The van der Waals surface area contributed by atoms with Crippen LogP contribution < -0.4 is 20.5 Å². The average Bonchev–Trinajstić information content (AvgIpc) is 3.23. The maximum absolute atomic E-state index is 11.9. The lowest BCUT2D eigenvalue weighted by Crippen LogP contribution is -2.37. The quantitative estimate of drug-likeness (QED) is 0.676. The molecule has 0 aliphatic heterocycles. The van der Waals surface area contributed by atoms with Crippen LogP contribution in [0, 0.1) is 0 Å². The normalized spacial score (nSPS) is 15.1. The molecule has 1 aromatic carbocycles. The number of carbonyl (C=O) groups is 2. The Bertz CT molecular complexity index is 569. The second kappa shape index (κ2) is 5.90. The minimum Gasteiger partial charge on any atom is -0.493 e. The van der Waals surface area contributed by atoms with E-state index in [0.29, 0.717) is 0 Å². The van der Waals surface area contributed by atoms with E-state index in [9.17, 15) is 9.59 Å². The van der Waals surface area contributed by atoms with Crippen molar-refractivity contribution in [3.63, 3.8) is 0 Å². The Morgan fingerprint density at radius 3 is 2.57 bits per heavy atom. The van der Waals surface area contributed by atoms with E-state index in [1.165, 1.54) is 19.2 Å². The molecule has 1 unspecified atom stereocenters. The van der Waals surface area contributed by atoms with Crippen LogP contribution in [-0.2, 0) is 4.79 Å². The zero-order valence-electron chi connectivity index (χ0n) is 11.9. The number of hydrogen-bond donors (Lipinski definition) is 3. The lowest BCUT2D eigenvalue weighted by Gasteiger charge is -2.17. The van der Waals surface area contributed by atoms with Crippen molar-refractivity contribution in [2.45, 2.75) is 31.9 Å². The van der Waals surface area contributed by atoms with E-state index in [1.807, 2.05) is 0 Å². The molecule has 1 amide bonds. The van der Waals surface area contributed by atoms with E-state index < -0.39 is 12.1 Å². The van der Waals surface area contributed by atoms with E-state index in [-0.39, 0.29) is 34.7 Å². The van der Waals surface area contributed by atoms with Gasteiger partial charge in [0.25, 0.3) is 5.91 Å². The monoisotopic (exact) mass is 294 g/mol. The summed E-state index contributed by atoms with van der Waals surface area (Å²) in [5, 5.41) is 11.9. The molecule has 0 aromatic heterocycles. The van der Waals surface area contributed by atoms with Crippen molar-refractivity contribution >= 4 is 17.6 Å². The second-order valence-corrected chi connectivity index (χ2v) is 4.94. The van der Waals surface area contributed by atoms with Crippen LogP contribution in [0.25, 0.3) is 0 Å². The minimum atomic E-state index is -1.17. The van der Waals surface area contributed by atoms with Crippen molar-refractivity contribution in [3.8, 4) is 11.5 Å². The summed E-state index contributed by atoms with van der Waals surface area (Å²) >= 11 is 0. The number of nitrogens with one attached hydrogen (secondary N) is 1. The maximum Gasteiger partial charge on any atom is 0.337 e. The highest BCUT2D eigenvalue weighted by Gasteiger charge is 2.27. The molecule has 4 N–H and O–H groups in total. The Morgan fingerprint density at radius 2 is 2.05 bits per heavy atom. The van der Waals surface area contributed by atoms with Gasteiger partial charge in [0.15, 0.2) is 17.6 Å². The van der Waals surface area contributed by atoms with Crippen LogP contribution in [0.15, 0.2) is 12.1 Å². The van der Waals surface area contributed by atoms with Crippen molar-refractivity contribution in [2.75, 3.05) is 12.8 Å². The number of nitrogen functional groups attached to an aromatic ring is 1. The number of amides is 1. The van der Waals surface area contributed by atoms with E-state index in [0.717, 1.165) is 12.8 Å². The molecule has 1 saturated carbocycles. The maximum atomic E-state index is 11.9. The minimum absolute atomic E-state index is 0.0711. The molecule has 1 fully saturated rings. The number of nitrogens with two attached hydrogens (primary N) is 1. The number of benzene rings is 1. The van der Waals surface area contributed by atoms with E-state index in [2.05, 4.69) is 5.32 Å².